The van der Waals surface area contributed by atoms with Crippen molar-refractivity contribution in [2.24, 2.45) is 0 Å². The second kappa shape index (κ2) is 10.1. The van der Waals surface area contributed by atoms with Crippen LogP contribution in [0.4, 0.5) is 11.4 Å². The number of nitrogens with one attached hydrogen (secondary N) is 1. The largest absolute Gasteiger partial charge is 0.382 e. The Bertz CT molecular complexity index is 901. The Morgan fingerprint density at radius 3 is 2.57 bits per heavy atom. The van der Waals surface area contributed by atoms with Crippen molar-refractivity contribution < 1.29 is 19.1 Å². The molecule has 3 rings (SSSR count). The Balaban J connectivity index is 1.89. The molecular weight excluding hydrogens is 404 g/mol. The quantitative estimate of drug-likeness (QED) is 0.494. The van der Waals surface area contributed by atoms with Crippen molar-refractivity contribution in [3.05, 3.63) is 58.6 Å². The number of hydrogen-bond donors (Lipinski definition) is 1. The normalized spacial score (nSPS) is 18.1. The van der Waals surface area contributed by atoms with Gasteiger partial charge in [0.25, 0.3) is 0 Å². The third-order valence-corrected chi connectivity index (χ3v) is 5.44. The fourth-order valence-electron chi connectivity index (χ4n) is 3.79. The molecule has 1 N–H and O–H groups in total. The lowest BCUT2D eigenvalue weighted by Gasteiger charge is -2.39. The molecule has 0 saturated heterocycles. The predicted octanol–water partition coefficient (Wildman–Crippen LogP) is 4.48. The van der Waals surface area contributed by atoms with E-state index in [2.05, 4.69) is 5.32 Å². The summed E-state index contributed by atoms with van der Waals surface area (Å²) in [7, 11) is 1.59. The highest BCUT2D eigenvalue weighted by molar-refractivity contribution is 6.30. The standard InChI is InChI=1S/C23H27ClN2O4/c1-15-12-21(25-19-7-5-18(24)6-8-19)20-13-17(23(28)14-30-11-10-29-3)4-9-22(20)26(15)16(2)27/h4-9,13,15,21,25H,10-12,14H2,1-3H3. The van der Waals surface area contributed by atoms with Gasteiger partial charge in [-0.3, -0.25) is 9.59 Å². The summed E-state index contributed by atoms with van der Waals surface area (Å²) in [5.41, 5.74) is 3.23. The van der Waals surface area contributed by atoms with Crippen molar-refractivity contribution in [3.63, 3.8) is 0 Å². The zero-order valence-electron chi connectivity index (χ0n) is 17.5. The van der Waals surface area contributed by atoms with Crippen LogP contribution in [0.5, 0.6) is 0 Å². The van der Waals surface area contributed by atoms with E-state index in [-0.39, 0.29) is 30.4 Å². The van der Waals surface area contributed by atoms with Gasteiger partial charge in [-0.1, -0.05) is 11.6 Å². The minimum Gasteiger partial charge on any atom is -0.382 e. The smallest absolute Gasteiger partial charge is 0.224 e. The van der Waals surface area contributed by atoms with E-state index in [1.54, 1.807) is 25.0 Å². The van der Waals surface area contributed by atoms with E-state index < -0.39 is 0 Å². The van der Waals surface area contributed by atoms with Gasteiger partial charge in [0.15, 0.2) is 5.78 Å². The number of methoxy groups -OCH3 is 1. The van der Waals surface area contributed by atoms with Crippen molar-refractivity contribution in [1.82, 2.24) is 0 Å². The Morgan fingerprint density at radius 2 is 1.90 bits per heavy atom. The number of Topliss-reactive ketones (excluding diaryl/α,β-unsaturated/α-hetero) is 1. The molecule has 0 radical (unpaired) electrons. The van der Waals surface area contributed by atoms with Gasteiger partial charge in [0.05, 0.1) is 19.3 Å². The minimum absolute atomic E-state index is 0.00967. The number of amides is 1. The molecule has 160 valence electrons. The van der Waals surface area contributed by atoms with Crippen LogP contribution in [0, 0.1) is 0 Å². The summed E-state index contributed by atoms with van der Waals surface area (Å²) in [6.07, 6.45) is 0.719. The third-order valence-electron chi connectivity index (χ3n) is 5.19. The Labute approximate surface area is 182 Å². The molecule has 1 heterocycles. The van der Waals surface area contributed by atoms with E-state index in [0.29, 0.717) is 23.8 Å². The molecule has 30 heavy (non-hydrogen) atoms. The fourth-order valence-corrected chi connectivity index (χ4v) is 3.92. The first kappa shape index (κ1) is 22.3. The molecule has 2 atom stereocenters. The van der Waals surface area contributed by atoms with E-state index in [1.165, 1.54) is 0 Å². The second-order valence-corrected chi connectivity index (χ2v) is 7.86. The molecule has 0 spiro atoms. The summed E-state index contributed by atoms with van der Waals surface area (Å²) < 4.78 is 10.3. The highest BCUT2D eigenvalue weighted by Gasteiger charge is 2.33. The molecule has 0 bridgehead atoms. The first-order valence-corrected chi connectivity index (χ1v) is 10.3. The number of fused-ring (bicyclic) bond motifs is 1. The Hall–Kier alpha value is -2.41. The number of anilines is 2. The van der Waals surface area contributed by atoms with Gasteiger partial charge in [0.1, 0.15) is 6.61 Å². The maximum absolute atomic E-state index is 12.6. The van der Waals surface area contributed by atoms with Gasteiger partial charge in [-0.15, -0.1) is 0 Å². The number of carbonyl (C=O) groups is 2. The van der Waals surface area contributed by atoms with Crippen LogP contribution in [0.15, 0.2) is 42.5 Å². The highest BCUT2D eigenvalue weighted by atomic mass is 35.5. The van der Waals surface area contributed by atoms with Crippen LogP contribution in [0.3, 0.4) is 0 Å². The third kappa shape index (κ3) is 5.19. The van der Waals surface area contributed by atoms with E-state index in [0.717, 1.165) is 23.4 Å². The molecule has 0 aromatic heterocycles. The number of ether oxygens (including phenoxy) is 2. The van der Waals surface area contributed by atoms with Crippen molar-refractivity contribution >= 4 is 34.7 Å². The van der Waals surface area contributed by atoms with Crippen LogP contribution in [0.2, 0.25) is 5.02 Å². The Morgan fingerprint density at radius 1 is 1.17 bits per heavy atom. The summed E-state index contributed by atoms with van der Waals surface area (Å²) in [4.78, 5) is 26.7. The molecule has 2 aromatic rings. The number of ketones is 1. The van der Waals surface area contributed by atoms with Crippen molar-refractivity contribution in [1.29, 1.82) is 0 Å². The second-order valence-electron chi connectivity index (χ2n) is 7.42. The predicted molar refractivity (Wildman–Crippen MR) is 119 cm³/mol. The van der Waals surface area contributed by atoms with Gasteiger partial charge in [0, 0.05) is 42.0 Å². The average Bonchev–Trinajstić information content (AvgIpc) is 2.72. The number of rotatable bonds is 8. The lowest BCUT2D eigenvalue weighted by molar-refractivity contribution is -0.117. The number of halogens is 1. The monoisotopic (exact) mass is 430 g/mol. The van der Waals surface area contributed by atoms with Crippen molar-refractivity contribution in [2.45, 2.75) is 32.4 Å². The van der Waals surface area contributed by atoms with Crippen LogP contribution >= 0.6 is 11.6 Å². The summed E-state index contributed by atoms with van der Waals surface area (Å²) in [6.45, 7) is 4.39. The topological polar surface area (TPSA) is 67.9 Å². The van der Waals surface area contributed by atoms with Crippen LogP contribution in [0.1, 0.15) is 42.2 Å². The molecule has 1 aliphatic heterocycles. The fraction of sp³-hybridized carbons (Fsp3) is 0.391. The highest BCUT2D eigenvalue weighted by Crippen LogP contribution is 2.39. The van der Waals surface area contributed by atoms with E-state index in [9.17, 15) is 9.59 Å². The number of carbonyl (C=O) groups excluding carboxylic acids is 2. The molecule has 2 unspecified atom stereocenters. The molecule has 1 amide bonds. The van der Waals surface area contributed by atoms with Crippen LogP contribution in [-0.2, 0) is 14.3 Å². The molecule has 0 aliphatic carbocycles. The number of benzene rings is 2. The molecule has 0 fully saturated rings. The molecule has 6 nitrogen and oxygen atoms in total. The van der Waals surface area contributed by atoms with Gasteiger partial charge in [-0.25, -0.2) is 0 Å². The molecule has 7 heteroatoms. The van der Waals surface area contributed by atoms with E-state index >= 15 is 0 Å². The average molecular weight is 431 g/mol. The summed E-state index contributed by atoms with van der Waals surface area (Å²) in [5, 5.41) is 4.19. The van der Waals surface area contributed by atoms with Crippen LogP contribution < -0.4 is 10.2 Å². The van der Waals surface area contributed by atoms with Crippen LogP contribution in [0.25, 0.3) is 0 Å². The maximum Gasteiger partial charge on any atom is 0.224 e. The van der Waals surface area contributed by atoms with Gasteiger partial charge in [-0.05, 0) is 61.4 Å². The van der Waals surface area contributed by atoms with E-state index in [4.69, 9.17) is 21.1 Å². The van der Waals surface area contributed by atoms with Crippen molar-refractivity contribution in [3.8, 4) is 0 Å². The summed E-state index contributed by atoms with van der Waals surface area (Å²) in [6, 6.07) is 13.0. The molecule has 2 aromatic carbocycles. The molecule has 1 aliphatic rings. The van der Waals surface area contributed by atoms with Gasteiger partial charge in [-0.2, -0.15) is 0 Å². The maximum atomic E-state index is 12.6. The Kier molecular flexibility index (Phi) is 7.48. The van der Waals surface area contributed by atoms with E-state index in [1.807, 2.05) is 43.3 Å². The van der Waals surface area contributed by atoms with Gasteiger partial charge < -0.3 is 19.7 Å². The summed E-state index contributed by atoms with van der Waals surface area (Å²) in [5.74, 6) is -0.122. The lowest BCUT2D eigenvalue weighted by atomic mass is 9.89. The lowest BCUT2D eigenvalue weighted by Crippen LogP contribution is -2.43. The summed E-state index contributed by atoms with van der Waals surface area (Å²) >= 11 is 6.00. The van der Waals surface area contributed by atoms with Crippen molar-refractivity contribution in [2.75, 3.05) is 37.1 Å². The minimum atomic E-state index is -0.104. The molecule has 0 saturated carbocycles. The first-order chi connectivity index (χ1) is 14.4. The number of nitrogens with zero attached hydrogens (tertiary/aromatic N) is 1. The SMILES string of the molecule is COCCOCC(=O)c1ccc2c(c1)C(Nc1ccc(Cl)cc1)CC(C)N2C(C)=O. The van der Waals surface area contributed by atoms with Gasteiger partial charge in [0.2, 0.25) is 5.91 Å². The number of hydrogen-bond acceptors (Lipinski definition) is 5. The van der Waals surface area contributed by atoms with Crippen LogP contribution in [-0.4, -0.2) is 44.7 Å². The first-order valence-electron chi connectivity index (χ1n) is 9.96. The molecular formula is C23H27ClN2O4. The van der Waals surface area contributed by atoms with Gasteiger partial charge >= 0.3 is 0 Å². The zero-order valence-corrected chi connectivity index (χ0v) is 18.2. The zero-order chi connectivity index (χ0) is 21.7.